The van der Waals surface area contributed by atoms with E-state index in [1.165, 1.54) is 0 Å². The standard InChI is InChI=1S/C13H23NO4/c1-12(2,3)18-11(16)14-7-13(8-15)6-9-4-5-10(13)17-9/h9-10,15H,4-8H2,1-3H3,(H,14,16). The molecule has 2 aliphatic heterocycles. The smallest absolute Gasteiger partial charge is 0.407 e. The van der Waals surface area contributed by atoms with Gasteiger partial charge in [-0.25, -0.2) is 4.79 Å². The predicted octanol–water partition coefficient (Wildman–Crippen LogP) is 1.44. The van der Waals surface area contributed by atoms with Gasteiger partial charge in [0.25, 0.3) is 0 Å². The van der Waals surface area contributed by atoms with E-state index in [4.69, 9.17) is 9.47 Å². The topological polar surface area (TPSA) is 67.8 Å². The van der Waals surface area contributed by atoms with Gasteiger partial charge in [-0.1, -0.05) is 0 Å². The van der Waals surface area contributed by atoms with E-state index in [-0.39, 0.29) is 24.2 Å². The molecule has 0 aromatic heterocycles. The number of alkyl carbamates (subject to hydrolysis) is 1. The number of rotatable bonds is 3. The lowest BCUT2D eigenvalue weighted by Crippen LogP contribution is -2.47. The minimum absolute atomic E-state index is 0.0456. The molecule has 5 nitrogen and oxygen atoms in total. The van der Waals surface area contributed by atoms with Crippen molar-refractivity contribution in [1.82, 2.24) is 5.32 Å². The third-order valence-electron chi connectivity index (χ3n) is 3.72. The van der Waals surface area contributed by atoms with Gasteiger partial charge in [-0.05, 0) is 40.0 Å². The SMILES string of the molecule is CC(C)(C)OC(=O)NCC1(CO)CC2CCC1O2. The van der Waals surface area contributed by atoms with Crippen LogP contribution in [-0.4, -0.2) is 42.2 Å². The number of fused-ring (bicyclic) bond motifs is 2. The lowest BCUT2D eigenvalue weighted by atomic mass is 9.74. The van der Waals surface area contributed by atoms with Crippen LogP contribution in [0, 0.1) is 5.41 Å². The molecule has 2 fully saturated rings. The van der Waals surface area contributed by atoms with Gasteiger partial charge in [0.15, 0.2) is 0 Å². The van der Waals surface area contributed by atoms with Gasteiger partial charge in [0, 0.05) is 12.0 Å². The zero-order valence-corrected chi connectivity index (χ0v) is 11.4. The molecule has 0 spiro atoms. The summed E-state index contributed by atoms with van der Waals surface area (Å²) in [6.07, 6.45) is 2.76. The van der Waals surface area contributed by atoms with Gasteiger partial charge in [-0.2, -0.15) is 0 Å². The Kier molecular flexibility index (Phi) is 3.56. The molecule has 2 bridgehead atoms. The molecule has 2 rings (SSSR count). The average Bonchev–Trinajstić information content (AvgIpc) is 2.84. The van der Waals surface area contributed by atoms with Crippen molar-refractivity contribution in [3.63, 3.8) is 0 Å². The number of hydrogen-bond acceptors (Lipinski definition) is 4. The van der Waals surface area contributed by atoms with Crippen molar-refractivity contribution in [2.45, 2.75) is 57.8 Å². The Bertz CT molecular complexity index is 325. The van der Waals surface area contributed by atoms with Crippen LogP contribution in [0.2, 0.25) is 0 Å². The predicted molar refractivity (Wildman–Crippen MR) is 66.3 cm³/mol. The van der Waals surface area contributed by atoms with Crippen LogP contribution in [0.5, 0.6) is 0 Å². The van der Waals surface area contributed by atoms with Crippen molar-refractivity contribution in [3.8, 4) is 0 Å². The molecule has 1 amide bonds. The summed E-state index contributed by atoms with van der Waals surface area (Å²) in [6, 6.07) is 0. The number of hydrogen-bond donors (Lipinski definition) is 2. The molecule has 2 aliphatic rings. The van der Waals surface area contributed by atoms with Gasteiger partial charge in [-0.3, -0.25) is 0 Å². The fraction of sp³-hybridized carbons (Fsp3) is 0.923. The van der Waals surface area contributed by atoms with Gasteiger partial charge < -0.3 is 19.9 Å². The van der Waals surface area contributed by atoms with Crippen molar-refractivity contribution in [1.29, 1.82) is 0 Å². The zero-order chi connectivity index (χ0) is 13.4. The van der Waals surface area contributed by atoms with Gasteiger partial charge in [-0.15, -0.1) is 0 Å². The molecular weight excluding hydrogens is 234 g/mol. The summed E-state index contributed by atoms with van der Waals surface area (Å²) >= 11 is 0. The van der Waals surface area contributed by atoms with Crippen LogP contribution in [0.1, 0.15) is 40.0 Å². The third kappa shape index (κ3) is 2.78. The number of aliphatic hydroxyl groups is 1. The second-order valence-electron chi connectivity index (χ2n) is 6.40. The summed E-state index contributed by atoms with van der Waals surface area (Å²) in [5, 5.41) is 12.4. The van der Waals surface area contributed by atoms with Gasteiger partial charge in [0.2, 0.25) is 0 Å². The third-order valence-corrected chi connectivity index (χ3v) is 3.72. The second-order valence-corrected chi connectivity index (χ2v) is 6.40. The Morgan fingerprint density at radius 2 is 2.22 bits per heavy atom. The highest BCUT2D eigenvalue weighted by molar-refractivity contribution is 5.67. The Hall–Kier alpha value is -0.810. The molecule has 3 atom stereocenters. The van der Waals surface area contributed by atoms with E-state index in [1.54, 1.807) is 0 Å². The van der Waals surface area contributed by atoms with Crippen LogP contribution in [-0.2, 0) is 9.47 Å². The summed E-state index contributed by atoms with van der Waals surface area (Å²) in [4.78, 5) is 11.6. The molecule has 0 aromatic carbocycles. The van der Waals surface area contributed by atoms with Crippen molar-refractivity contribution < 1.29 is 19.4 Å². The first-order valence-electron chi connectivity index (χ1n) is 6.58. The maximum atomic E-state index is 11.6. The van der Waals surface area contributed by atoms with Gasteiger partial charge in [0.05, 0.1) is 18.8 Å². The molecule has 0 aromatic rings. The van der Waals surface area contributed by atoms with Crippen LogP contribution in [0.3, 0.4) is 0 Å². The minimum atomic E-state index is -0.498. The molecule has 0 aliphatic carbocycles. The molecule has 2 heterocycles. The number of ether oxygens (including phenoxy) is 2. The molecule has 0 radical (unpaired) electrons. The lowest BCUT2D eigenvalue weighted by Gasteiger charge is -2.33. The van der Waals surface area contributed by atoms with Crippen LogP contribution >= 0.6 is 0 Å². The average molecular weight is 257 g/mol. The van der Waals surface area contributed by atoms with Crippen molar-refractivity contribution in [3.05, 3.63) is 0 Å². The first-order chi connectivity index (χ1) is 8.35. The lowest BCUT2D eigenvalue weighted by molar-refractivity contribution is 0.0194. The maximum Gasteiger partial charge on any atom is 0.407 e. The highest BCUT2D eigenvalue weighted by atomic mass is 16.6. The van der Waals surface area contributed by atoms with Crippen molar-refractivity contribution >= 4 is 6.09 Å². The molecule has 104 valence electrons. The van der Waals surface area contributed by atoms with E-state index in [1.807, 2.05) is 20.8 Å². The minimum Gasteiger partial charge on any atom is -0.444 e. The van der Waals surface area contributed by atoms with Crippen LogP contribution in [0.15, 0.2) is 0 Å². The normalized spacial score (nSPS) is 34.7. The van der Waals surface area contributed by atoms with E-state index in [9.17, 15) is 9.90 Å². The zero-order valence-electron chi connectivity index (χ0n) is 11.4. The molecule has 2 N–H and O–H groups in total. The van der Waals surface area contributed by atoms with Gasteiger partial charge >= 0.3 is 6.09 Å². The fourth-order valence-corrected chi connectivity index (χ4v) is 2.86. The first-order valence-corrected chi connectivity index (χ1v) is 6.58. The maximum absolute atomic E-state index is 11.6. The number of nitrogens with one attached hydrogen (secondary N) is 1. The summed E-state index contributed by atoms with van der Waals surface area (Å²) in [6.45, 7) is 5.95. The Balaban J connectivity index is 1.87. The van der Waals surface area contributed by atoms with Crippen molar-refractivity contribution in [2.75, 3.05) is 13.2 Å². The Morgan fingerprint density at radius 3 is 2.67 bits per heavy atom. The summed E-state index contributed by atoms with van der Waals surface area (Å²) in [5.74, 6) is 0. The van der Waals surface area contributed by atoms with Crippen LogP contribution in [0.4, 0.5) is 4.79 Å². The van der Waals surface area contributed by atoms with E-state index in [0.29, 0.717) is 6.54 Å². The summed E-state index contributed by atoms with van der Waals surface area (Å²) in [7, 11) is 0. The number of carbonyl (C=O) groups is 1. The monoisotopic (exact) mass is 257 g/mol. The molecule has 0 saturated carbocycles. The molecular formula is C13H23NO4. The number of aliphatic hydroxyl groups excluding tert-OH is 1. The Morgan fingerprint density at radius 1 is 1.50 bits per heavy atom. The quantitative estimate of drug-likeness (QED) is 0.803. The number of amides is 1. The highest BCUT2D eigenvalue weighted by Crippen LogP contribution is 2.47. The first kappa shape index (κ1) is 13.6. The summed E-state index contributed by atoms with van der Waals surface area (Å²) < 4.78 is 11.0. The summed E-state index contributed by atoms with van der Waals surface area (Å²) in [5.41, 5.74) is -0.818. The van der Waals surface area contributed by atoms with E-state index >= 15 is 0 Å². The van der Waals surface area contributed by atoms with Crippen LogP contribution in [0.25, 0.3) is 0 Å². The largest absolute Gasteiger partial charge is 0.444 e. The molecule has 5 heteroatoms. The fourth-order valence-electron chi connectivity index (χ4n) is 2.86. The van der Waals surface area contributed by atoms with Gasteiger partial charge in [0.1, 0.15) is 5.60 Å². The molecule has 3 unspecified atom stereocenters. The van der Waals surface area contributed by atoms with Crippen molar-refractivity contribution in [2.24, 2.45) is 5.41 Å². The second kappa shape index (κ2) is 4.70. The van der Waals surface area contributed by atoms with E-state index in [2.05, 4.69) is 5.32 Å². The van der Waals surface area contributed by atoms with Crippen LogP contribution < -0.4 is 5.32 Å². The highest BCUT2D eigenvalue weighted by Gasteiger charge is 2.52. The Labute approximate surface area is 108 Å². The molecule has 2 saturated heterocycles. The number of carbonyl (C=O) groups excluding carboxylic acids is 1. The molecule has 18 heavy (non-hydrogen) atoms. The van der Waals surface area contributed by atoms with E-state index < -0.39 is 11.7 Å². The van der Waals surface area contributed by atoms with E-state index in [0.717, 1.165) is 19.3 Å².